The van der Waals surface area contributed by atoms with Crippen molar-refractivity contribution < 1.29 is 0 Å². The van der Waals surface area contributed by atoms with Gasteiger partial charge in [-0.15, -0.1) is 11.3 Å². The van der Waals surface area contributed by atoms with Crippen LogP contribution in [0.1, 0.15) is 23.2 Å². The summed E-state index contributed by atoms with van der Waals surface area (Å²) in [6.07, 6.45) is 0.865. The predicted molar refractivity (Wildman–Crippen MR) is 99.5 cm³/mol. The maximum atomic E-state index is 6.05. The Morgan fingerprint density at radius 3 is 2.91 bits per heavy atom. The molecule has 2 aromatic rings. The van der Waals surface area contributed by atoms with Gasteiger partial charge in [0, 0.05) is 43.5 Å². The van der Waals surface area contributed by atoms with Crippen LogP contribution in [0.5, 0.6) is 0 Å². The van der Waals surface area contributed by atoms with Crippen molar-refractivity contribution in [2.75, 3.05) is 20.1 Å². The summed E-state index contributed by atoms with van der Waals surface area (Å²) in [5.41, 5.74) is 2.28. The number of aliphatic imine (C=N–C) groups is 1. The molecule has 0 saturated heterocycles. The van der Waals surface area contributed by atoms with Gasteiger partial charge < -0.3 is 10.2 Å². The molecule has 23 heavy (non-hydrogen) atoms. The van der Waals surface area contributed by atoms with E-state index < -0.39 is 0 Å². The number of nitrogens with zero attached hydrogens (tertiary/aromatic N) is 3. The first-order valence-electron chi connectivity index (χ1n) is 7.73. The highest BCUT2D eigenvalue weighted by Crippen LogP contribution is 2.12. The van der Waals surface area contributed by atoms with Crippen LogP contribution in [0.3, 0.4) is 0 Å². The van der Waals surface area contributed by atoms with E-state index >= 15 is 0 Å². The van der Waals surface area contributed by atoms with Crippen LogP contribution in [-0.4, -0.2) is 36.0 Å². The van der Waals surface area contributed by atoms with Crippen molar-refractivity contribution in [3.8, 4) is 0 Å². The number of thiazole rings is 1. The summed E-state index contributed by atoms with van der Waals surface area (Å²) in [5, 5.41) is 7.30. The van der Waals surface area contributed by atoms with Crippen molar-refractivity contribution in [1.82, 2.24) is 15.2 Å². The van der Waals surface area contributed by atoms with E-state index in [1.165, 1.54) is 5.56 Å². The van der Waals surface area contributed by atoms with Crippen molar-refractivity contribution in [3.05, 3.63) is 50.9 Å². The number of aryl methyl sites for hydroxylation is 1. The minimum absolute atomic E-state index is 0.728. The predicted octanol–water partition coefficient (Wildman–Crippen LogP) is 3.74. The third-order valence-electron chi connectivity index (χ3n) is 3.30. The number of hydrogen-bond donors (Lipinski definition) is 1. The molecule has 1 heterocycles. The van der Waals surface area contributed by atoms with Gasteiger partial charge in [0.2, 0.25) is 0 Å². The maximum Gasteiger partial charge on any atom is 0.193 e. The largest absolute Gasteiger partial charge is 0.357 e. The summed E-state index contributed by atoms with van der Waals surface area (Å²) < 4.78 is 0. The molecule has 1 aromatic carbocycles. The lowest BCUT2D eigenvalue weighted by atomic mass is 10.2. The van der Waals surface area contributed by atoms with E-state index in [2.05, 4.69) is 33.6 Å². The molecule has 0 fully saturated rings. The van der Waals surface area contributed by atoms with Gasteiger partial charge in [0.25, 0.3) is 0 Å². The molecule has 1 N–H and O–H groups in total. The highest BCUT2D eigenvalue weighted by Gasteiger charge is 2.07. The first kappa shape index (κ1) is 17.8. The van der Waals surface area contributed by atoms with Crippen LogP contribution in [0, 0.1) is 6.92 Å². The number of hydrogen-bond acceptors (Lipinski definition) is 3. The molecule has 1 aromatic heterocycles. The molecule has 0 bridgehead atoms. The van der Waals surface area contributed by atoms with E-state index in [1.54, 1.807) is 11.3 Å². The normalized spacial score (nSPS) is 11.6. The van der Waals surface area contributed by atoms with E-state index in [0.717, 1.165) is 47.7 Å². The Morgan fingerprint density at radius 2 is 2.26 bits per heavy atom. The van der Waals surface area contributed by atoms with Gasteiger partial charge >= 0.3 is 0 Å². The fraction of sp³-hybridized carbons (Fsp3) is 0.412. The monoisotopic (exact) mass is 350 g/mol. The van der Waals surface area contributed by atoms with Crippen molar-refractivity contribution in [1.29, 1.82) is 0 Å². The smallest absolute Gasteiger partial charge is 0.193 e. The third kappa shape index (κ3) is 5.84. The van der Waals surface area contributed by atoms with E-state index in [-0.39, 0.29) is 0 Å². The lowest BCUT2D eigenvalue weighted by molar-refractivity contribution is 0.477. The van der Waals surface area contributed by atoms with Gasteiger partial charge in [-0.05, 0) is 31.5 Å². The Labute approximate surface area is 147 Å². The first-order chi connectivity index (χ1) is 11.1. The zero-order chi connectivity index (χ0) is 16.7. The summed E-state index contributed by atoms with van der Waals surface area (Å²) in [4.78, 5) is 11.3. The van der Waals surface area contributed by atoms with Gasteiger partial charge in [-0.25, -0.2) is 4.98 Å². The highest BCUT2D eigenvalue weighted by molar-refractivity contribution is 7.09. The molecular formula is C17H23ClN4S. The second-order valence-corrected chi connectivity index (χ2v) is 6.83. The Bertz CT molecular complexity index is 654. The van der Waals surface area contributed by atoms with Gasteiger partial charge in [0.05, 0.1) is 10.7 Å². The third-order valence-corrected chi connectivity index (χ3v) is 4.36. The molecule has 4 nitrogen and oxygen atoms in total. The van der Waals surface area contributed by atoms with Crippen LogP contribution in [0.4, 0.5) is 0 Å². The van der Waals surface area contributed by atoms with Gasteiger partial charge in [-0.3, -0.25) is 4.99 Å². The van der Waals surface area contributed by atoms with Crippen LogP contribution in [-0.2, 0) is 13.0 Å². The van der Waals surface area contributed by atoms with Gasteiger partial charge in [0.15, 0.2) is 5.96 Å². The molecule has 0 saturated carbocycles. The molecule has 0 aliphatic carbocycles. The molecule has 0 radical (unpaired) electrons. The number of guanidine groups is 1. The molecular weight excluding hydrogens is 328 g/mol. The zero-order valence-electron chi connectivity index (χ0n) is 13.8. The summed E-state index contributed by atoms with van der Waals surface area (Å²) in [7, 11) is 2.04. The summed E-state index contributed by atoms with van der Waals surface area (Å²) in [6.45, 7) is 6.44. The van der Waals surface area contributed by atoms with E-state index in [9.17, 15) is 0 Å². The molecule has 0 atom stereocenters. The Kier molecular flexibility index (Phi) is 6.86. The van der Waals surface area contributed by atoms with Crippen molar-refractivity contribution >= 4 is 28.9 Å². The van der Waals surface area contributed by atoms with E-state index in [1.807, 2.05) is 32.2 Å². The number of rotatable bonds is 6. The molecule has 0 aliphatic rings. The zero-order valence-corrected chi connectivity index (χ0v) is 15.4. The van der Waals surface area contributed by atoms with Gasteiger partial charge in [-0.2, -0.15) is 0 Å². The number of aromatic nitrogens is 1. The standard InChI is InChI=1S/C17H23ClN4S/c1-4-19-17(20-9-8-16-12-23-13(2)21-16)22(3)11-14-6-5-7-15(18)10-14/h5-7,10,12H,4,8-9,11H2,1-3H3,(H,19,20). The van der Waals surface area contributed by atoms with Crippen molar-refractivity contribution in [2.45, 2.75) is 26.8 Å². The topological polar surface area (TPSA) is 40.5 Å². The average Bonchev–Trinajstić information content (AvgIpc) is 2.92. The van der Waals surface area contributed by atoms with E-state index in [0.29, 0.717) is 0 Å². The van der Waals surface area contributed by atoms with Crippen LogP contribution in [0.15, 0.2) is 34.6 Å². The van der Waals surface area contributed by atoms with Crippen LogP contribution < -0.4 is 5.32 Å². The fourth-order valence-corrected chi connectivity index (χ4v) is 3.11. The van der Waals surface area contributed by atoms with Crippen LogP contribution in [0.2, 0.25) is 5.02 Å². The highest BCUT2D eigenvalue weighted by atomic mass is 35.5. The van der Waals surface area contributed by atoms with Gasteiger partial charge in [-0.1, -0.05) is 23.7 Å². The van der Waals surface area contributed by atoms with Crippen molar-refractivity contribution in [2.24, 2.45) is 4.99 Å². The Hall–Kier alpha value is -1.59. The van der Waals surface area contributed by atoms with Crippen LogP contribution in [0.25, 0.3) is 0 Å². The quantitative estimate of drug-likeness (QED) is 0.637. The minimum atomic E-state index is 0.728. The number of benzene rings is 1. The molecule has 0 spiro atoms. The molecule has 0 aliphatic heterocycles. The molecule has 0 amide bonds. The summed E-state index contributed by atoms with van der Waals surface area (Å²) in [6, 6.07) is 7.92. The molecule has 2 rings (SSSR count). The maximum absolute atomic E-state index is 6.05. The SMILES string of the molecule is CCNC(=NCCc1csc(C)n1)N(C)Cc1cccc(Cl)c1. The number of halogens is 1. The van der Waals surface area contributed by atoms with E-state index in [4.69, 9.17) is 16.6 Å². The molecule has 0 unspecified atom stereocenters. The number of nitrogens with one attached hydrogen (secondary N) is 1. The van der Waals surface area contributed by atoms with Gasteiger partial charge in [0.1, 0.15) is 0 Å². The van der Waals surface area contributed by atoms with Crippen molar-refractivity contribution in [3.63, 3.8) is 0 Å². The fourth-order valence-electron chi connectivity index (χ4n) is 2.25. The average molecular weight is 351 g/mol. The Morgan fingerprint density at radius 1 is 1.43 bits per heavy atom. The molecule has 6 heteroatoms. The molecule has 124 valence electrons. The summed E-state index contributed by atoms with van der Waals surface area (Å²) >= 11 is 7.74. The lowest BCUT2D eigenvalue weighted by Gasteiger charge is -2.22. The second-order valence-electron chi connectivity index (χ2n) is 5.33. The second kappa shape index (κ2) is 8.89. The minimum Gasteiger partial charge on any atom is -0.357 e. The summed E-state index contributed by atoms with van der Waals surface area (Å²) in [5.74, 6) is 0.902. The lowest BCUT2D eigenvalue weighted by Crippen LogP contribution is -2.38. The Balaban J connectivity index is 1.96. The van der Waals surface area contributed by atoms with Crippen LogP contribution >= 0.6 is 22.9 Å². The first-order valence-corrected chi connectivity index (χ1v) is 8.99.